The number of rotatable bonds is 5. The minimum Gasteiger partial charge on any atom is -0.480 e. The van der Waals surface area contributed by atoms with Gasteiger partial charge in [-0.3, -0.25) is 4.79 Å². The number of urea groups is 1. The van der Waals surface area contributed by atoms with Gasteiger partial charge in [0.15, 0.2) is 0 Å². The van der Waals surface area contributed by atoms with Crippen LogP contribution in [-0.2, 0) is 9.59 Å². The SMILES string of the molecule is NC(=O)C[C@H](NC(=O)Nc1ccc(Cl)c(Cl)c1)C(=O)O. The molecule has 0 radical (unpaired) electrons. The first-order chi connectivity index (χ1) is 9.29. The average molecular weight is 320 g/mol. The summed E-state index contributed by atoms with van der Waals surface area (Å²) in [5.74, 6) is -2.21. The lowest BCUT2D eigenvalue weighted by Crippen LogP contribution is -2.45. The molecule has 0 saturated carbocycles. The van der Waals surface area contributed by atoms with Crippen molar-refractivity contribution in [3.63, 3.8) is 0 Å². The number of halogens is 2. The van der Waals surface area contributed by atoms with Gasteiger partial charge in [0.2, 0.25) is 5.91 Å². The molecule has 1 atom stereocenters. The molecule has 1 aromatic rings. The first-order valence-electron chi connectivity index (χ1n) is 5.33. The third kappa shape index (κ3) is 4.94. The van der Waals surface area contributed by atoms with Crippen molar-refractivity contribution in [3.8, 4) is 0 Å². The van der Waals surface area contributed by atoms with E-state index in [0.29, 0.717) is 10.7 Å². The average Bonchev–Trinajstić information content (AvgIpc) is 2.32. The number of anilines is 1. The zero-order chi connectivity index (χ0) is 15.3. The number of nitrogens with two attached hydrogens (primary N) is 1. The third-order valence-corrected chi connectivity index (χ3v) is 2.93. The molecule has 20 heavy (non-hydrogen) atoms. The topological polar surface area (TPSA) is 122 Å². The van der Waals surface area contributed by atoms with E-state index in [9.17, 15) is 14.4 Å². The number of carbonyl (C=O) groups excluding carboxylic acids is 2. The van der Waals surface area contributed by atoms with Crippen molar-refractivity contribution in [1.82, 2.24) is 5.32 Å². The molecule has 0 saturated heterocycles. The van der Waals surface area contributed by atoms with Crippen LogP contribution >= 0.6 is 23.2 Å². The second kappa shape index (κ2) is 6.97. The van der Waals surface area contributed by atoms with Crippen LogP contribution in [0.25, 0.3) is 0 Å². The second-order valence-corrected chi connectivity index (χ2v) is 4.60. The molecule has 9 heteroatoms. The van der Waals surface area contributed by atoms with Crippen LogP contribution in [0.4, 0.5) is 10.5 Å². The summed E-state index contributed by atoms with van der Waals surface area (Å²) >= 11 is 11.5. The summed E-state index contributed by atoms with van der Waals surface area (Å²) in [6.45, 7) is 0. The lowest BCUT2D eigenvalue weighted by molar-refractivity contribution is -0.140. The van der Waals surface area contributed by atoms with E-state index in [-0.39, 0.29) is 5.02 Å². The van der Waals surface area contributed by atoms with Gasteiger partial charge in [0.1, 0.15) is 6.04 Å². The van der Waals surface area contributed by atoms with Crippen molar-refractivity contribution >= 4 is 46.8 Å². The van der Waals surface area contributed by atoms with Gasteiger partial charge in [-0.2, -0.15) is 0 Å². The highest BCUT2D eigenvalue weighted by Gasteiger charge is 2.22. The molecular weight excluding hydrogens is 309 g/mol. The third-order valence-electron chi connectivity index (χ3n) is 2.19. The summed E-state index contributed by atoms with van der Waals surface area (Å²) < 4.78 is 0. The quantitative estimate of drug-likeness (QED) is 0.656. The summed E-state index contributed by atoms with van der Waals surface area (Å²) in [5.41, 5.74) is 5.21. The lowest BCUT2D eigenvalue weighted by atomic mass is 10.2. The number of carboxylic acids is 1. The van der Waals surface area contributed by atoms with Crippen LogP contribution in [0.15, 0.2) is 18.2 Å². The maximum atomic E-state index is 11.6. The maximum absolute atomic E-state index is 11.6. The van der Waals surface area contributed by atoms with Crippen LogP contribution in [-0.4, -0.2) is 29.1 Å². The minimum absolute atomic E-state index is 0.233. The van der Waals surface area contributed by atoms with Crippen molar-refractivity contribution in [3.05, 3.63) is 28.2 Å². The molecule has 0 aliphatic rings. The Kier molecular flexibility index (Phi) is 5.60. The van der Waals surface area contributed by atoms with Crippen molar-refractivity contribution in [2.24, 2.45) is 5.73 Å². The fraction of sp³-hybridized carbons (Fsp3) is 0.182. The first kappa shape index (κ1) is 16.1. The van der Waals surface area contributed by atoms with Gasteiger partial charge < -0.3 is 21.5 Å². The summed E-state index contributed by atoms with van der Waals surface area (Å²) in [4.78, 5) is 33.1. The Hall–Kier alpha value is -1.99. The molecular formula is C11H11Cl2N3O4. The van der Waals surface area contributed by atoms with Gasteiger partial charge in [-0.25, -0.2) is 9.59 Å². The zero-order valence-electron chi connectivity index (χ0n) is 10.0. The van der Waals surface area contributed by atoms with Gasteiger partial charge in [-0.05, 0) is 18.2 Å². The standard InChI is InChI=1S/C11H11Cl2N3O4/c12-6-2-1-5(3-7(6)13)15-11(20)16-8(10(18)19)4-9(14)17/h1-3,8H,4H2,(H2,14,17)(H,18,19)(H2,15,16,20)/t8-/m0/s1. The van der Waals surface area contributed by atoms with Crippen molar-refractivity contribution in [2.75, 3.05) is 5.32 Å². The van der Waals surface area contributed by atoms with Crippen LogP contribution in [0.1, 0.15) is 6.42 Å². The monoisotopic (exact) mass is 319 g/mol. The Labute approximate surface area is 124 Å². The van der Waals surface area contributed by atoms with Gasteiger partial charge in [-0.1, -0.05) is 23.2 Å². The molecule has 1 aromatic carbocycles. The molecule has 0 heterocycles. The predicted molar refractivity (Wildman–Crippen MR) is 73.9 cm³/mol. The molecule has 0 aromatic heterocycles. The lowest BCUT2D eigenvalue weighted by Gasteiger charge is -2.13. The highest BCUT2D eigenvalue weighted by molar-refractivity contribution is 6.42. The van der Waals surface area contributed by atoms with E-state index in [0.717, 1.165) is 0 Å². The first-order valence-corrected chi connectivity index (χ1v) is 6.09. The molecule has 7 nitrogen and oxygen atoms in total. The summed E-state index contributed by atoms with van der Waals surface area (Å²) in [6.07, 6.45) is -0.510. The van der Waals surface area contributed by atoms with Crippen LogP contribution in [0.3, 0.4) is 0 Å². The van der Waals surface area contributed by atoms with E-state index < -0.39 is 30.4 Å². The van der Waals surface area contributed by atoms with E-state index in [1.165, 1.54) is 18.2 Å². The molecule has 0 aliphatic carbocycles. The molecule has 108 valence electrons. The van der Waals surface area contributed by atoms with Crippen LogP contribution in [0, 0.1) is 0 Å². The van der Waals surface area contributed by atoms with Crippen molar-refractivity contribution in [1.29, 1.82) is 0 Å². The minimum atomic E-state index is -1.41. The highest BCUT2D eigenvalue weighted by Crippen LogP contribution is 2.24. The highest BCUT2D eigenvalue weighted by atomic mass is 35.5. The number of amides is 3. The molecule has 5 N–H and O–H groups in total. The number of hydrogen-bond acceptors (Lipinski definition) is 3. The fourth-order valence-electron chi connectivity index (χ4n) is 1.30. The molecule has 0 spiro atoms. The van der Waals surface area contributed by atoms with Crippen LogP contribution in [0.2, 0.25) is 10.0 Å². The van der Waals surface area contributed by atoms with Crippen LogP contribution < -0.4 is 16.4 Å². The molecule has 1 rings (SSSR count). The molecule has 0 aliphatic heterocycles. The number of aliphatic carboxylic acids is 1. The Morgan fingerprint density at radius 3 is 2.40 bits per heavy atom. The Morgan fingerprint density at radius 2 is 1.90 bits per heavy atom. The smallest absolute Gasteiger partial charge is 0.326 e. The Morgan fingerprint density at radius 1 is 1.25 bits per heavy atom. The number of primary amides is 1. The largest absolute Gasteiger partial charge is 0.480 e. The number of carboxylic acid groups (broad SMARTS) is 1. The van der Waals surface area contributed by atoms with Gasteiger partial charge in [-0.15, -0.1) is 0 Å². The zero-order valence-corrected chi connectivity index (χ0v) is 11.5. The van der Waals surface area contributed by atoms with Gasteiger partial charge in [0.25, 0.3) is 0 Å². The van der Waals surface area contributed by atoms with Gasteiger partial charge in [0, 0.05) is 5.69 Å². The van der Waals surface area contributed by atoms with E-state index in [1.807, 2.05) is 0 Å². The molecule has 3 amide bonds. The number of hydrogen-bond donors (Lipinski definition) is 4. The van der Waals surface area contributed by atoms with Crippen LogP contribution in [0.5, 0.6) is 0 Å². The van der Waals surface area contributed by atoms with Crippen molar-refractivity contribution in [2.45, 2.75) is 12.5 Å². The molecule has 0 unspecified atom stereocenters. The number of carbonyl (C=O) groups is 3. The summed E-state index contributed by atoms with van der Waals surface area (Å²) in [6, 6.07) is 2.13. The molecule has 0 fully saturated rings. The summed E-state index contributed by atoms with van der Waals surface area (Å²) in [5, 5.41) is 13.8. The predicted octanol–water partition coefficient (Wildman–Crippen LogP) is 1.44. The number of nitrogens with one attached hydrogen (secondary N) is 2. The normalized spacial score (nSPS) is 11.5. The maximum Gasteiger partial charge on any atom is 0.326 e. The van der Waals surface area contributed by atoms with E-state index in [1.54, 1.807) is 0 Å². The van der Waals surface area contributed by atoms with Crippen molar-refractivity contribution < 1.29 is 19.5 Å². The Balaban J connectivity index is 2.67. The van der Waals surface area contributed by atoms with Gasteiger partial charge >= 0.3 is 12.0 Å². The van der Waals surface area contributed by atoms with E-state index >= 15 is 0 Å². The van der Waals surface area contributed by atoms with E-state index in [2.05, 4.69) is 10.6 Å². The van der Waals surface area contributed by atoms with Gasteiger partial charge in [0.05, 0.1) is 16.5 Å². The van der Waals surface area contributed by atoms with E-state index in [4.69, 9.17) is 34.0 Å². The number of benzene rings is 1. The fourth-order valence-corrected chi connectivity index (χ4v) is 1.60. The summed E-state index contributed by atoms with van der Waals surface area (Å²) in [7, 11) is 0. The second-order valence-electron chi connectivity index (χ2n) is 3.79. The Bertz CT molecular complexity index is 550. The molecule has 0 bridgehead atoms.